The molecule has 1 aromatic carbocycles. The van der Waals surface area contributed by atoms with Crippen LogP contribution in [0.4, 0.5) is 4.79 Å². The van der Waals surface area contributed by atoms with Crippen LogP contribution in [0.5, 0.6) is 0 Å². The van der Waals surface area contributed by atoms with E-state index in [0.717, 1.165) is 29.1 Å². The van der Waals surface area contributed by atoms with Gasteiger partial charge in [0, 0.05) is 18.3 Å². The molecule has 0 fully saturated rings. The standard InChI is InChI=1S/C18H21N5O2/c1-13-11-14(2)23(21-13)17-5-3-15(4-6-17)7-9-19-18(24)20-12-16-8-10-25-22-16/h3-6,8,10-11H,7,9,12H2,1-2H3,(H2,19,20,24). The Kier molecular flexibility index (Phi) is 5.13. The summed E-state index contributed by atoms with van der Waals surface area (Å²) in [5.41, 5.74) is 4.99. The van der Waals surface area contributed by atoms with Crippen molar-refractivity contribution < 1.29 is 9.32 Å². The molecular weight excluding hydrogens is 318 g/mol. The van der Waals surface area contributed by atoms with Gasteiger partial charge < -0.3 is 15.2 Å². The van der Waals surface area contributed by atoms with E-state index in [4.69, 9.17) is 4.52 Å². The van der Waals surface area contributed by atoms with Crippen molar-refractivity contribution in [2.75, 3.05) is 6.54 Å². The van der Waals surface area contributed by atoms with Gasteiger partial charge in [0.15, 0.2) is 0 Å². The minimum absolute atomic E-state index is 0.220. The molecule has 2 heterocycles. The number of aryl methyl sites for hydroxylation is 2. The molecule has 0 atom stereocenters. The number of aromatic nitrogens is 3. The second kappa shape index (κ2) is 7.65. The molecule has 7 heteroatoms. The monoisotopic (exact) mass is 339 g/mol. The molecule has 0 aliphatic heterocycles. The van der Waals surface area contributed by atoms with Crippen LogP contribution in [0.3, 0.4) is 0 Å². The van der Waals surface area contributed by atoms with E-state index in [1.54, 1.807) is 6.07 Å². The van der Waals surface area contributed by atoms with E-state index in [9.17, 15) is 4.79 Å². The summed E-state index contributed by atoms with van der Waals surface area (Å²) in [5.74, 6) is 0. The highest BCUT2D eigenvalue weighted by atomic mass is 16.5. The molecule has 0 aliphatic rings. The van der Waals surface area contributed by atoms with Crippen molar-refractivity contribution in [3.63, 3.8) is 0 Å². The van der Waals surface area contributed by atoms with E-state index < -0.39 is 0 Å². The van der Waals surface area contributed by atoms with Gasteiger partial charge in [-0.25, -0.2) is 9.48 Å². The Morgan fingerprint density at radius 1 is 1.16 bits per heavy atom. The molecule has 0 aliphatic carbocycles. The number of urea groups is 1. The maximum Gasteiger partial charge on any atom is 0.315 e. The molecule has 0 saturated carbocycles. The third kappa shape index (κ3) is 4.47. The van der Waals surface area contributed by atoms with Crippen molar-refractivity contribution in [3.05, 3.63) is 65.3 Å². The van der Waals surface area contributed by atoms with E-state index in [-0.39, 0.29) is 6.03 Å². The largest absolute Gasteiger partial charge is 0.364 e. The Balaban J connectivity index is 1.45. The molecule has 0 spiro atoms. The first kappa shape index (κ1) is 16.8. The fraction of sp³-hybridized carbons (Fsp3) is 0.278. The highest BCUT2D eigenvalue weighted by Gasteiger charge is 2.05. The van der Waals surface area contributed by atoms with Gasteiger partial charge in [-0.05, 0) is 44.0 Å². The van der Waals surface area contributed by atoms with Gasteiger partial charge in [-0.2, -0.15) is 5.10 Å². The van der Waals surface area contributed by atoms with E-state index in [1.807, 2.05) is 30.7 Å². The molecule has 25 heavy (non-hydrogen) atoms. The normalized spacial score (nSPS) is 10.6. The van der Waals surface area contributed by atoms with Crippen molar-refractivity contribution in [2.45, 2.75) is 26.8 Å². The van der Waals surface area contributed by atoms with Crippen LogP contribution in [0.2, 0.25) is 0 Å². The average molecular weight is 339 g/mol. The topological polar surface area (TPSA) is 85.0 Å². The summed E-state index contributed by atoms with van der Waals surface area (Å²) < 4.78 is 6.63. The van der Waals surface area contributed by atoms with E-state index in [1.165, 1.54) is 6.26 Å². The molecule has 130 valence electrons. The van der Waals surface area contributed by atoms with Crippen LogP contribution in [0.1, 0.15) is 22.6 Å². The Hall–Kier alpha value is -3.09. The van der Waals surface area contributed by atoms with Crippen LogP contribution in [-0.4, -0.2) is 27.5 Å². The maximum atomic E-state index is 11.7. The fourth-order valence-corrected chi connectivity index (χ4v) is 2.58. The molecular formula is C18H21N5O2. The number of hydrogen-bond donors (Lipinski definition) is 2. The lowest BCUT2D eigenvalue weighted by Crippen LogP contribution is -2.36. The molecule has 0 unspecified atom stereocenters. The minimum atomic E-state index is -0.220. The van der Waals surface area contributed by atoms with Crippen LogP contribution in [0.15, 0.2) is 47.2 Å². The lowest BCUT2D eigenvalue weighted by molar-refractivity contribution is 0.240. The van der Waals surface area contributed by atoms with Gasteiger partial charge >= 0.3 is 6.03 Å². The molecule has 2 amide bonds. The van der Waals surface area contributed by atoms with Crippen LogP contribution < -0.4 is 10.6 Å². The smallest absolute Gasteiger partial charge is 0.315 e. The van der Waals surface area contributed by atoms with E-state index >= 15 is 0 Å². The maximum absolute atomic E-state index is 11.7. The summed E-state index contributed by atoms with van der Waals surface area (Å²) in [6.07, 6.45) is 2.24. The summed E-state index contributed by atoms with van der Waals surface area (Å²) >= 11 is 0. The van der Waals surface area contributed by atoms with Gasteiger partial charge in [0.2, 0.25) is 0 Å². The number of nitrogens with zero attached hydrogens (tertiary/aromatic N) is 3. The first-order valence-electron chi connectivity index (χ1n) is 8.15. The molecule has 3 rings (SSSR count). The summed E-state index contributed by atoms with van der Waals surface area (Å²) in [6.45, 7) is 4.93. The summed E-state index contributed by atoms with van der Waals surface area (Å²) in [4.78, 5) is 11.7. The van der Waals surface area contributed by atoms with Crippen molar-refractivity contribution in [2.24, 2.45) is 0 Å². The second-order valence-electron chi connectivity index (χ2n) is 5.86. The molecule has 0 saturated heterocycles. The Bertz CT molecular complexity index is 822. The zero-order valence-corrected chi connectivity index (χ0v) is 14.3. The Morgan fingerprint density at radius 3 is 2.60 bits per heavy atom. The van der Waals surface area contributed by atoms with Crippen LogP contribution in [0.25, 0.3) is 5.69 Å². The van der Waals surface area contributed by atoms with Gasteiger partial charge in [-0.3, -0.25) is 0 Å². The summed E-state index contributed by atoms with van der Waals surface area (Å²) in [5, 5.41) is 13.8. The van der Waals surface area contributed by atoms with Crippen LogP contribution >= 0.6 is 0 Å². The average Bonchev–Trinajstić information content (AvgIpc) is 3.23. The van der Waals surface area contributed by atoms with Crippen molar-refractivity contribution in [1.82, 2.24) is 25.6 Å². The molecule has 0 bridgehead atoms. The predicted octanol–water partition coefficient (Wildman–Crippen LogP) is 2.52. The minimum Gasteiger partial charge on any atom is -0.364 e. The SMILES string of the molecule is Cc1cc(C)n(-c2ccc(CCNC(=O)NCc3ccon3)cc2)n1. The molecule has 0 radical (unpaired) electrons. The highest BCUT2D eigenvalue weighted by Crippen LogP contribution is 2.13. The number of hydrogen-bond acceptors (Lipinski definition) is 4. The number of nitrogens with one attached hydrogen (secondary N) is 2. The predicted molar refractivity (Wildman–Crippen MR) is 93.5 cm³/mol. The van der Waals surface area contributed by atoms with Gasteiger partial charge in [0.25, 0.3) is 0 Å². The lowest BCUT2D eigenvalue weighted by atomic mass is 10.1. The van der Waals surface area contributed by atoms with Gasteiger partial charge in [0.1, 0.15) is 12.0 Å². The van der Waals surface area contributed by atoms with Crippen LogP contribution in [-0.2, 0) is 13.0 Å². The number of carbonyl (C=O) groups is 1. The summed E-state index contributed by atoms with van der Waals surface area (Å²) in [6, 6.07) is 11.7. The number of rotatable bonds is 6. The molecule has 3 aromatic rings. The zero-order chi connectivity index (χ0) is 17.6. The highest BCUT2D eigenvalue weighted by molar-refractivity contribution is 5.73. The number of amides is 2. The van der Waals surface area contributed by atoms with Crippen molar-refractivity contribution >= 4 is 6.03 Å². The third-order valence-electron chi connectivity index (χ3n) is 3.81. The van der Waals surface area contributed by atoms with Crippen LogP contribution in [0, 0.1) is 13.8 Å². The second-order valence-corrected chi connectivity index (χ2v) is 5.86. The Morgan fingerprint density at radius 2 is 1.96 bits per heavy atom. The first-order valence-corrected chi connectivity index (χ1v) is 8.15. The third-order valence-corrected chi connectivity index (χ3v) is 3.81. The molecule has 2 N–H and O–H groups in total. The van der Waals surface area contributed by atoms with E-state index in [0.29, 0.717) is 18.8 Å². The number of benzene rings is 1. The number of carbonyl (C=O) groups excluding carboxylic acids is 1. The van der Waals surface area contributed by atoms with Gasteiger partial charge in [-0.1, -0.05) is 17.3 Å². The first-order chi connectivity index (χ1) is 12.1. The van der Waals surface area contributed by atoms with Gasteiger partial charge in [0.05, 0.1) is 17.9 Å². The van der Waals surface area contributed by atoms with Gasteiger partial charge in [-0.15, -0.1) is 0 Å². The fourth-order valence-electron chi connectivity index (χ4n) is 2.58. The molecule has 2 aromatic heterocycles. The zero-order valence-electron chi connectivity index (χ0n) is 14.3. The van der Waals surface area contributed by atoms with Crippen molar-refractivity contribution in [3.8, 4) is 5.69 Å². The van der Waals surface area contributed by atoms with E-state index in [2.05, 4.69) is 39.1 Å². The molecule has 7 nitrogen and oxygen atoms in total. The quantitative estimate of drug-likeness (QED) is 0.723. The Labute approximate surface area is 146 Å². The summed E-state index contributed by atoms with van der Waals surface area (Å²) in [7, 11) is 0. The lowest BCUT2D eigenvalue weighted by Gasteiger charge is -2.08. The van der Waals surface area contributed by atoms with Crippen molar-refractivity contribution in [1.29, 1.82) is 0 Å².